The number of fused-ring (bicyclic) bond motifs is 2. The lowest BCUT2D eigenvalue weighted by Crippen LogP contribution is -2.27. The number of aromatic nitrogens is 4. The van der Waals surface area contributed by atoms with Crippen LogP contribution in [-0.4, -0.2) is 43.6 Å². The van der Waals surface area contributed by atoms with E-state index in [1.165, 1.54) is 6.33 Å². The van der Waals surface area contributed by atoms with Crippen LogP contribution in [0.3, 0.4) is 0 Å². The lowest BCUT2D eigenvalue weighted by Gasteiger charge is -2.23. The largest absolute Gasteiger partial charge is 0.349 e. The smallest absolute Gasteiger partial charge is 0.166 e. The first-order valence-corrected chi connectivity index (χ1v) is 6.52. The lowest BCUT2D eigenvalue weighted by molar-refractivity contribution is -0.191. The quantitative estimate of drug-likeness (QED) is 0.775. The summed E-state index contributed by atoms with van der Waals surface area (Å²) in [4.78, 5) is 12.5. The molecule has 0 N–H and O–H groups in total. The summed E-state index contributed by atoms with van der Waals surface area (Å²) in [5.41, 5.74) is 1.43. The van der Waals surface area contributed by atoms with Gasteiger partial charge in [-0.1, -0.05) is 0 Å². The van der Waals surface area contributed by atoms with Gasteiger partial charge in [0.15, 0.2) is 17.7 Å². The van der Waals surface area contributed by atoms with Crippen LogP contribution in [0.4, 0.5) is 0 Å². The van der Waals surface area contributed by atoms with Gasteiger partial charge in [-0.15, -0.1) is 0 Å². The van der Waals surface area contributed by atoms with Gasteiger partial charge in [-0.05, 0) is 20.8 Å². The molecule has 0 unspecified atom stereocenters. The molecule has 20 heavy (non-hydrogen) atoms. The minimum atomic E-state index is -0.626. The molecule has 7 heteroatoms. The number of nitrogens with zero attached hydrogens (tertiary/aromatic N) is 4. The maximum absolute atomic E-state index is 5.95. The number of hydrogen-bond acceptors (Lipinski definition) is 6. The summed E-state index contributed by atoms with van der Waals surface area (Å²) in [7, 11) is 0. The number of imidazole rings is 1. The normalized spacial score (nSPS) is 35.5. The van der Waals surface area contributed by atoms with Crippen LogP contribution in [0.2, 0.25) is 0 Å². The molecule has 4 rings (SSSR count). The molecule has 0 amide bonds. The molecule has 4 heterocycles. The first-order chi connectivity index (χ1) is 9.55. The van der Waals surface area contributed by atoms with Gasteiger partial charge in [0.2, 0.25) is 0 Å². The first-order valence-electron chi connectivity index (χ1n) is 6.52. The van der Waals surface area contributed by atoms with Crippen molar-refractivity contribution in [2.45, 2.75) is 44.2 Å². The Morgan fingerprint density at radius 1 is 1.25 bits per heavy atom. The van der Waals surface area contributed by atoms with Crippen molar-refractivity contribution in [3.05, 3.63) is 25.8 Å². The minimum Gasteiger partial charge on any atom is -0.349 e. The van der Waals surface area contributed by atoms with Crippen molar-refractivity contribution in [1.29, 1.82) is 0 Å². The maximum atomic E-state index is 5.95. The van der Waals surface area contributed by atoms with Crippen LogP contribution < -0.4 is 0 Å². The Morgan fingerprint density at radius 3 is 2.90 bits per heavy atom. The van der Waals surface area contributed by atoms with Crippen molar-refractivity contribution in [2.24, 2.45) is 0 Å². The van der Waals surface area contributed by atoms with Gasteiger partial charge < -0.3 is 14.2 Å². The zero-order chi connectivity index (χ0) is 13.9. The van der Waals surface area contributed by atoms with Crippen LogP contribution in [0, 0.1) is 6.92 Å². The van der Waals surface area contributed by atoms with E-state index >= 15 is 0 Å². The van der Waals surface area contributed by atoms with Gasteiger partial charge in [-0.3, -0.25) is 4.57 Å². The van der Waals surface area contributed by atoms with Gasteiger partial charge >= 0.3 is 0 Å². The Labute approximate surface area is 115 Å². The molecule has 0 bridgehead atoms. The standard InChI is InChI=1S/C13H15N4O3/c1-7-9-10(20-13(2,3)19-9)12(18-7)17-6-16-8-4-14-5-15-11(8)17/h4-7,9-10,12H,1H2,2-3H3/t7-,9-,10-,12-/m1/s1. The van der Waals surface area contributed by atoms with Gasteiger partial charge in [0.05, 0.1) is 18.6 Å². The Morgan fingerprint density at radius 2 is 2.05 bits per heavy atom. The van der Waals surface area contributed by atoms with Crippen molar-refractivity contribution in [3.63, 3.8) is 0 Å². The minimum absolute atomic E-state index is 0.186. The fourth-order valence-electron chi connectivity index (χ4n) is 2.85. The van der Waals surface area contributed by atoms with E-state index in [9.17, 15) is 0 Å². The Hall–Kier alpha value is -1.57. The molecule has 0 aromatic carbocycles. The molecule has 105 valence electrons. The average Bonchev–Trinajstić information content (AvgIpc) is 3.03. The summed E-state index contributed by atoms with van der Waals surface area (Å²) in [5.74, 6) is -0.626. The summed E-state index contributed by atoms with van der Waals surface area (Å²) >= 11 is 0. The fraction of sp³-hybridized carbons (Fsp3) is 0.538. The topological polar surface area (TPSA) is 71.3 Å². The molecule has 2 fully saturated rings. The molecule has 4 atom stereocenters. The first kappa shape index (κ1) is 12.2. The van der Waals surface area contributed by atoms with E-state index in [4.69, 9.17) is 14.2 Å². The highest BCUT2D eigenvalue weighted by Gasteiger charge is 2.54. The van der Waals surface area contributed by atoms with E-state index in [0.29, 0.717) is 5.65 Å². The fourth-order valence-corrected chi connectivity index (χ4v) is 2.85. The van der Waals surface area contributed by atoms with Crippen LogP contribution in [0.25, 0.3) is 11.2 Å². The molecule has 0 saturated carbocycles. The van der Waals surface area contributed by atoms with Gasteiger partial charge in [0.1, 0.15) is 24.1 Å². The van der Waals surface area contributed by atoms with Crippen molar-refractivity contribution in [3.8, 4) is 0 Å². The highest BCUT2D eigenvalue weighted by Crippen LogP contribution is 2.43. The summed E-state index contributed by atoms with van der Waals surface area (Å²) in [5, 5.41) is 0. The van der Waals surface area contributed by atoms with E-state index < -0.39 is 5.79 Å². The molecular weight excluding hydrogens is 260 g/mol. The second-order valence-electron chi connectivity index (χ2n) is 5.51. The third-order valence-electron chi connectivity index (χ3n) is 3.64. The average molecular weight is 275 g/mol. The molecule has 7 nitrogen and oxygen atoms in total. The van der Waals surface area contributed by atoms with Crippen LogP contribution >= 0.6 is 0 Å². The van der Waals surface area contributed by atoms with Crippen molar-refractivity contribution in [1.82, 2.24) is 19.5 Å². The van der Waals surface area contributed by atoms with Crippen molar-refractivity contribution >= 4 is 11.2 Å². The van der Waals surface area contributed by atoms with E-state index in [0.717, 1.165) is 5.52 Å². The maximum Gasteiger partial charge on any atom is 0.166 e. The number of ether oxygens (including phenoxy) is 3. The molecule has 0 aliphatic carbocycles. The highest BCUT2D eigenvalue weighted by molar-refractivity contribution is 5.69. The predicted octanol–water partition coefficient (Wildman–Crippen LogP) is 1.08. The number of hydrogen-bond donors (Lipinski definition) is 0. The van der Waals surface area contributed by atoms with E-state index in [1.54, 1.807) is 12.5 Å². The van der Waals surface area contributed by atoms with Crippen LogP contribution in [0.5, 0.6) is 0 Å². The molecule has 0 spiro atoms. The third kappa shape index (κ3) is 1.67. The van der Waals surface area contributed by atoms with Crippen molar-refractivity contribution < 1.29 is 14.2 Å². The predicted molar refractivity (Wildman–Crippen MR) is 68.4 cm³/mol. The van der Waals surface area contributed by atoms with E-state index in [-0.39, 0.29) is 24.5 Å². The second kappa shape index (κ2) is 3.97. The Balaban J connectivity index is 1.76. The van der Waals surface area contributed by atoms with Gasteiger partial charge in [-0.2, -0.15) is 0 Å². The summed E-state index contributed by atoms with van der Waals surface area (Å²) in [6.07, 6.45) is 3.81. The van der Waals surface area contributed by atoms with Gasteiger partial charge in [0, 0.05) is 0 Å². The Bertz CT molecular complexity index is 656. The zero-order valence-electron chi connectivity index (χ0n) is 11.3. The molecule has 1 radical (unpaired) electrons. The highest BCUT2D eigenvalue weighted by atomic mass is 16.8. The molecule has 2 aromatic rings. The summed E-state index contributed by atoms with van der Waals surface area (Å²) in [6, 6.07) is 0. The van der Waals surface area contributed by atoms with Crippen molar-refractivity contribution in [2.75, 3.05) is 0 Å². The molecule has 2 aromatic heterocycles. The van der Waals surface area contributed by atoms with E-state index in [2.05, 4.69) is 21.9 Å². The van der Waals surface area contributed by atoms with E-state index in [1.807, 2.05) is 18.4 Å². The molecule has 2 aliphatic heterocycles. The second-order valence-corrected chi connectivity index (χ2v) is 5.51. The lowest BCUT2D eigenvalue weighted by atomic mass is 10.1. The molecular formula is C13H15N4O3. The van der Waals surface area contributed by atoms with Crippen LogP contribution in [0.1, 0.15) is 20.1 Å². The summed E-state index contributed by atoms with van der Waals surface area (Å²) in [6.45, 7) is 7.78. The van der Waals surface area contributed by atoms with Gasteiger partial charge in [0.25, 0.3) is 0 Å². The summed E-state index contributed by atoms with van der Waals surface area (Å²) < 4.78 is 19.5. The Kier molecular flexibility index (Phi) is 2.42. The zero-order valence-corrected chi connectivity index (χ0v) is 11.3. The number of rotatable bonds is 1. The SMILES string of the molecule is [CH2][C@H]1O[C@@H](n2cnc3cncnc32)[C@@H]2OC(C)(C)O[C@@H]21. The molecule has 2 aliphatic rings. The van der Waals surface area contributed by atoms with Gasteiger partial charge in [-0.25, -0.2) is 15.0 Å². The third-order valence-corrected chi connectivity index (χ3v) is 3.64. The molecule has 2 saturated heterocycles. The van der Waals surface area contributed by atoms with Crippen LogP contribution in [0.15, 0.2) is 18.9 Å². The van der Waals surface area contributed by atoms with Crippen LogP contribution in [-0.2, 0) is 14.2 Å². The monoisotopic (exact) mass is 275 g/mol.